The van der Waals surface area contributed by atoms with Crippen molar-refractivity contribution in [3.05, 3.63) is 29.3 Å². The molecule has 3 N–H and O–H groups in total. The van der Waals surface area contributed by atoms with E-state index in [2.05, 4.69) is 5.32 Å². The molecule has 18 heavy (non-hydrogen) atoms. The number of anilines is 1. The molecule has 2 fully saturated rings. The van der Waals surface area contributed by atoms with Crippen molar-refractivity contribution in [1.82, 2.24) is 0 Å². The number of carbonyl (C=O) groups excluding carboxylic acids is 1. The zero-order chi connectivity index (χ0) is 12.8. The van der Waals surface area contributed by atoms with Crippen LogP contribution in [-0.2, 0) is 4.79 Å². The summed E-state index contributed by atoms with van der Waals surface area (Å²) in [4.78, 5) is 11.9. The second-order valence-electron chi connectivity index (χ2n) is 5.55. The van der Waals surface area contributed by atoms with Crippen molar-refractivity contribution in [2.24, 2.45) is 17.6 Å². The van der Waals surface area contributed by atoms with Crippen molar-refractivity contribution >= 4 is 23.2 Å². The van der Waals surface area contributed by atoms with Crippen LogP contribution in [-0.4, -0.2) is 11.4 Å². The normalized spacial score (nSPS) is 33.6. The van der Waals surface area contributed by atoms with Gasteiger partial charge in [-0.15, -0.1) is 0 Å². The van der Waals surface area contributed by atoms with E-state index in [0.29, 0.717) is 16.9 Å². The molecule has 0 spiro atoms. The van der Waals surface area contributed by atoms with E-state index in [9.17, 15) is 4.79 Å². The van der Waals surface area contributed by atoms with Gasteiger partial charge in [0.15, 0.2) is 0 Å². The number of rotatable bonds is 3. The van der Waals surface area contributed by atoms with Crippen LogP contribution in [0.15, 0.2) is 24.3 Å². The van der Waals surface area contributed by atoms with E-state index < -0.39 is 5.54 Å². The van der Waals surface area contributed by atoms with Gasteiger partial charge in [-0.2, -0.15) is 0 Å². The van der Waals surface area contributed by atoms with Gasteiger partial charge in [0.1, 0.15) is 5.54 Å². The lowest BCUT2D eigenvalue weighted by molar-refractivity contribution is -0.123. The van der Waals surface area contributed by atoms with Crippen molar-refractivity contribution in [1.29, 1.82) is 0 Å². The fourth-order valence-corrected chi connectivity index (χ4v) is 3.76. The van der Waals surface area contributed by atoms with Crippen LogP contribution in [0.25, 0.3) is 0 Å². The van der Waals surface area contributed by atoms with Gasteiger partial charge in [-0.05, 0) is 61.8 Å². The second kappa shape index (κ2) is 4.16. The van der Waals surface area contributed by atoms with Crippen LogP contribution in [0.1, 0.15) is 25.7 Å². The Morgan fingerprint density at radius 1 is 1.33 bits per heavy atom. The third-order valence-electron chi connectivity index (χ3n) is 4.50. The van der Waals surface area contributed by atoms with Gasteiger partial charge < -0.3 is 11.1 Å². The number of halogens is 1. The first-order valence-corrected chi connectivity index (χ1v) is 6.81. The van der Waals surface area contributed by atoms with E-state index in [1.807, 2.05) is 24.3 Å². The number of carbonyl (C=O) groups is 1. The predicted octanol–water partition coefficient (Wildman–Crippen LogP) is 2.80. The molecule has 0 aromatic heterocycles. The van der Waals surface area contributed by atoms with E-state index in [-0.39, 0.29) is 5.91 Å². The Kier molecular flexibility index (Phi) is 2.74. The van der Waals surface area contributed by atoms with Gasteiger partial charge >= 0.3 is 0 Å². The molecule has 3 atom stereocenters. The number of nitrogens with one attached hydrogen (secondary N) is 1. The van der Waals surface area contributed by atoms with E-state index in [1.165, 1.54) is 6.42 Å². The molecule has 96 valence electrons. The fourth-order valence-electron chi connectivity index (χ4n) is 3.64. The Labute approximate surface area is 112 Å². The molecule has 3 nitrogen and oxygen atoms in total. The molecular formula is C14H17ClN2O. The summed E-state index contributed by atoms with van der Waals surface area (Å²) in [6, 6.07) is 7.45. The van der Waals surface area contributed by atoms with Gasteiger partial charge in [0.05, 0.1) is 0 Å². The zero-order valence-corrected chi connectivity index (χ0v) is 10.9. The lowest BCUT2D eigenvalue weighted by atomic mass is 9.80. The topological polar surface area (TPSA) is 55.1 Å². The van der Waals surface area contributed by atoms with Crippen LogP contribution in [0.5, 0.6) is 0 Å². The maximum absolute atomic E-state index is 11.9. The zero-order valence-electron chi connectivity index (χ0n) is 10.2. The van der Waals surface area contributed by atoms with Gasteiger partial charge in [0, 0.05) is 10.7 Å². The average Bonchev–Trinajstić information content (AvgIpc) is 2.93. The minimum Gasteiger partial charge on any atom is -0.371 e. The summed E-state index contributed by atoms with van der Waals surface area (Å²) in [5, 5.41) is 4.08. The van der Waals surface area contributed by atoms with Gasteiger partial charge in [-0.3, -0.25) is 4.79 Å². The van der Waals surface area contributed by atoms with Gasteiger partial charge in [0.25, 0.3) is 0 Å². The number of hydrogen-bond donors (Lipinski definition) is 2. The van der Waals surface area contributed by atoms with E-state index in [0.717, 1.165) is 24.9 Å². The number of amides is 1. The molecule has 1 aromatic carbocycles. The molecule has 0 saturated heterocycles. The molecule has 2 aliphatic carbocycles. The lowest BCUT2D eigenvalue weighted by Crippen LogP contribution is -2.54. The Morgan fingerprint density at radius 2 is 2.06 bits per heavy atom. The number of nitrogens with two attached hydrogens (primary N) is 1. The van der Waals surface area contributed by atoms with Crippen molar-refractivity contribution in [2.75, 3.05) is 5.32 Å². The monoisotopic (exact) mass is 264 g/mol. The highest BCUT2D eigenvalue weighted by atomic mass is 35.5. The van der Waals surface area contributed by atoms with Crippen LogP contribution >= 0.6 is 11.6 Å². The quantitative estimate of drug-likeness (QED) is 0.882. The molecule has 2 bridgehead atoms. The molecule has 0 heterocycles. The molecule has 4 heteroatoms. The van der Waals surface area contributed by atoms with Crippen LogP contribution in [0.3, 0.4) is 0 Å². The molecule has 0 radical (unpaired) electrons. The Bertz CT molecular complexity index is 473. The van der Waals surface area contributed by atoms with E-state index >= 15 is 0 Å². The maximum atomic E-state index is 11.9. The third kappa shape index (κ3) is 1.77. The van der Waals surface area contributed by atoms with Crippen LogP contribution in [0.4, 0.5) is 5.69 Å². The van der Waals surface area contributed by atoms with Gasteiger partial charge in [-0.1, -0.05) is 11.6 Å². The van der Waals surface area contributed by atoms with Crippen molar-refractivity contribution in [3.8, 4) is 0 Å². The van der Waals surface area contributed by atoms with Gasteiger partial charge in [0.2, 0.25) is 5.91 Å². The Hall–Kier alpha value is -1.22. The number of benzene rings is 1. The average molecular weight is 265 g/mol. The first kappa shape index (κ1) is 11.8. The Balaban J connectivity index is 1.88. The molecule has 2 saturated carbocycles. The lowest BCUT2D eigenvalue weighted by Gasteiger charge is -2.36. The predicted molar refractivity (Wildman–Crippen MR) is 72.4 cm³/mol. The molecule has 1 aromatic rings. The van der Waals surface area contributed by atoms with Crippen LogP contribution < -0.4 is 11.1 Å². The standard InChI is InChI=1S/C14H17ClN2O/c15-11-3-5-12(6-4-11)17-14(13(16)18)8-9-1-2-10(14)7-9/h3-6,9-10,17H,1-2,7-8H2,(H2,16,18). The largest absolute Gasteiger partial charge is 0.371 e. The summed E-state index contributed by atoms with van der Waals surface area (Å²) in [7, 11) is 0. The van der Waals surface area contributed by atoms with Crippen molar-refractivity contribution < 1.29 is 4.79 Å². The van der Waals surface area contributed by atoms with Crippen LogP contribution in [0, 0.1) is 11.8 Å². The highest BCUT2D eigenvalue weighted by Gasteiger charge is 2.54. The summed E-state index contributed by atoms with van der Waals surface area (Å²) in [5.41, 5.74) is 6.05. The molecular weight excluding hydrogens is 248 g/mol. The van der Waals surface area contributed by atoms with Crippen molar-refractivity contribution in [3.63, 3.8) is 0 Å². The van der Waals surface area contributed by atoms with Gasteiger partial charge in [-0.25, -0.2) is 0 Å². The minimum absolute atomic E-state index is 0.218. The number of fused-ring (bicyclic) bond motifs is 2. The smallest absolute Gasteiger partial charge is 0.243 e. The minimum atomic E-state index is -0.545. The van der Waals surface area contributed by atoms with E-state index in [4.69, 9.17) is 17.3 Å². The van der Waals surface area contributed by atoms with Crippen LogP contribution in [0.2, 0.25) is 5.02 Å². The summed E-state index contributed by atoms with van der Waals surface area (Å²) >= 11 is 5.87. The maximum Gasteiger partial charge on any atom is 0.243 e. The summed E-state index contributed by atoms with van der Waals surface area (Å²) in [5.74, 6) is 0.822. The molecule has 1 amide bonds. The molecule has 3 rings (SSSR count). The summed E-state index contributed by atoms with van der Waals surface area (Å²) < 4.78 is 0. The number of hydrogen-bond acceptors (Lipinski definition) is 2. The highest BCUT2D eigenvalue weighted by Crippen LogP contribution is 2.51. The summed E-state index contributed by atoms with van der Waals surface area (Å²) in [6.45, 7) is 0. The first-order valence-electron chi connectivity index (χ1n) is 6.44. The first-order chi connectivity index (χ1) is 8.60. The van der Waals surface area contributed by atoms with E-state index in [1.54, 1.807) is 0 Å². The molecule has 0 aliphatic heterocycles. The highest BCUT2D eigenvalue weighted by molar-refractivity contribution is 6.30. The fraction of sp³-hybridized carbons (Fsp3) is 0.500. The third-order valence-corrected chi connectivity index (χ3v) is 4.75. The Morgan fingerprint density at radius 3 is 2.56 bits per heavy atom. The van der Waals surface area contributed by atoms with Crippen molar-refractivity contribution in [2.45, 2.75) is 31.2 Å². The summed E-state index contributed by atoms with van der Waals surface area (Å²) in [6.07, 6.45) is 4.34. The molecule has 3 unspecified atom stereocenters. The molecule has 2 aliphatic rings. The number of primary amides is 1. The second-order valence-corrected chi connectivity index (χ2v) is 5.98. The SMILES string of the molecule is NC(=O)C1(Nc2ccc(Cl)cc2)CC2CCC1C2.